The van der Waals surface area contributed by atoms with Crippen LogP contribution in [0.4, 0.5) is 19.3 Å². The SMILES string of the molecule is CN(C)C(=O)/C=C/CC[C@H](NC(=O)O)C(=O)Nc1cccn(Cc2nc3cc(F)c(F)cc3n2CCC2CC2)c1=O. The van der Waals surface area contributed by atoms with Gasteiger partial charge in [0.05, 0.1) is 17.6 Å². The van der Waals surface area contributed by atoms with Crippen LogP contribution in [-0.2, 0) is 22.7 Å². The summed E-state index contributed by atoms with van der Waals surface area (Å²) in [5.74, 6) is -1.98. The summed E-state index contributed by atoms with van der Waals surface area (Å²) in [6.45, 7) is 0.510. The predicted molar refractivity (Wildman–Crippen MR) is 147 cm³/mol. The minimum Gasteiger partial charge on any atom is -0.465 e. The number of anilines is 1. The Bertz CT molecular complexity index is 1540. The van der Waals surface area contributed by atoms with E-state index in [1.165, 1.54) is 33.9 Å². The van der Waals surface area contributed by atoms with Crippen molar-refractivity contribution in [1.82, 2.24) is 24.3 Å². The Balaban J connectivity index is 1.53. The van der Waals surface area contributed by atoms with E-state index in [1.807, 2.05) is 0 Å². The average Bonchev–Trinajstić information content (AvgIpc) is 3.69. The van der Waals surface area contributed by atoms with E-state index < -0.39 is 35.2 Å². The molecule has 11 nitrogen and oxygen atoms in total. The Hall–Kier alpha value is -4.55. The molecule has 3 aromatic rings. The van der Waals surface area contributed by atoms with Gasteiger partial charge >= 0.3 is 6.09 Å². The zero-order valence-electron chi connectivity index (χ0n) is 22.8. The summed E-state index contributed by atoms with van der Waals surface area (Å²) < 4.78 is 31.1. The second-order valence-corrected chi connectivity index (χ2v) is 10.2. The molecule has 4 rings (SSSR count). The van der Waals surface area contributed by atoms with E-state index in [4.69, 9.17) is 0 Å². The highest BCUT2D eigenvalue weighted by Gasteiger charge is 2.24. The van der Waals surface area contributed by atoms with Gasteiger partial charge in [-0.05, 0) is 43.4 Å². The molecule has 1 aliphatic carbocycles. The maximum Gasteiger partial charge on any atom is 0.405 e. The predicted octanol–water partition coefficient (Wildman–Crippen LogP) is 3.32. The van der Waals surface area contributed by atoms with Gasteiger partial charge in [0.1, 0.15) is 17.6 Å². The van der Waals surface area contributed by atoms with E-state index in [9.17, 15) is 33.1 Å². The molecule has 2 heterocycles. The molecule has 0 saturated heterocycles. The van der Waals surface area contributed by atoms with Crippen molar-refractivity contribution in [3.05, 3.63) is 70.4 Å². The van der Waals surface area contributed by atoms with Crippen molar-refractivity contribution in [1.29, 1.82) is 0 Å². The molecule has 13 heteroatoms. The molecule has 1 atom stereocenters. The van der Waals surface area contributed by atoms with Crippen LogP contribution in [0.2, 0.25) is 0 Å². The molecule has 0 aliphatic heterocycles. The van der Waals surface area contributed by atoms with Gasteiger partial charge in [0.25, 0.3) is 5.56 Å². The lowest BCUT2D eigenvalue weighted by Crippen LogP contribution is -2.44. The molecule has 0 unspecified atom stereocenters. The molecule has 1 fully saturated rings. The van der Waals surface area contributed by atoms with Crippen LogP contribution in [0.3, 0.4) is 0 Å². The van der Waals surface area contributed by atoms with Crippen LogP contribution < -0.4 is 16.2 Å². The maximum absolute atomic E-state index is 14.1. The molecule has 0 spiro atoms. The number of allylic oxidation sites excluding steroid dienone is 1. The topological polar surface area (TPSA) is 139 Å². The average molecular weight is 571 g/mol. The zero-order chi connectivity index (χ0) is 29.7. The van der Waals surface area contributed by atoms with E-state index in [0.29, 0.717) is 23.8 Å². The minimum absolute atomic E-state index is 0.0212. The Kier molecular flexibility index (Phi) is 9.15. The number of carbonyl (C=O) groups excluding carboxylic acids is 2. The molecule has 3 N–H and O–H groups in total. The number of benzene rings is 1. The number of carboxylic acid groups (broad SMARTS) is 1. The first-order valence-electron chi connectivity index (χ1n) is 13.2. The van der Waals surface area contributed by atoms with E-state index >= 15 is 0 Å². The monoisotopic (exact) mass is 570 g/mol. The summed E-state index contributed by atoms with van der Waals surface area (Å²) in [7, 11) is 3.18. The van der Waals surface area contributed by atoms with Crippen LogP contribution in [-0.4, -0.2) is 62.2 Å². The third kappa shape index (κ3) is 7.56. The molecule has 41 heavy (non-hydrogen) atoms. The lowest BCUT2D eigenvalue weighted by atomic mass is 10.1. The summed E-state index contributed by atoms with van der Waals surface area (Å²) in [6, 6.07) is 3.89. The van der Waals surface area contributed by atoms with Crippen molar-refractivity contribution in [3.63, 3.8) is 0 Å². The first kappa shape index (κ1) is 29.4. The van der Waals surface area contributed by atoms with E-state index in [2.05, 4.69) is 15.6 Å². The van der Waals surface area contributed by atoms with Crippen molar-refractivity contribution in [2.24, 2.45) is 5.92 Å². The first-order chi connectivity index (χ1) is 19.5. The van der Waals surface area contributed by atoms with E-state index in [1.54, 1.807) is 24.7 Å². The quantitative estimate of drug-likeness (QED) is 0.286. The van der Waals surface area contributed by atoms with E-state index in [-0.39, 0.29) is 36.5 Å². The van der Waals surface area contributed by atoms with Crippen molar-refractivity contribution in [2.75, 3.05) is 19.4 Å². The Morgan fingerprint density at radius 2 is 1.95 bits per heavy atom. The van der Waals surface area contributed by atoms with Crippen LogP contribution >= 0.6 is 0 Å². The molecule has 0 radical (unpaired) electrons. The third-order valence-electron chi connectivity index (χ3n) is 6.85. The van der Waals surface area contributed by atoms with Gasteiger partial charge in [-0.25, -0.2) is 18.6 Å². The number of hydrogen-bond acceptors (Lipinski definition) is 5. The van der Waals surface area contributed by atoms with Crippen molar-refractivity contribution in [3.8, 4) is 0 Å². The molecular weight excluding hydrogens is 538 g/mol. The van der Waals surface area contributed by atoms with Crippen molar-refractivity contribution in [2.45, 2.75) is 51.2 Å². The molecule has 1 aromatic carbocycles. The fraction of sp³-hybridized carbons (Fsp3) is 0.393. The van der Waals surface area contributed by atoms with Crippen molar-refractivity contribution >= 4 is 34.6 Å². The van der Waals surface area contributed by atoms with Gasteiger partial charge in [-0.3, -0.25) is 14.4 Å². The largest absolute Gasteiger partial charge is 0.465 e. The number of aromatic nitrogens is 3. The minimum atomic E-state index is -1.41. The van der Waals surface area contributed by atoms with Crippen LogP contribution in [0.25, 0.3) is 11.0 Å². The molecule has 2 aromatic heterocycles. The number of imidazole rings is 1. The number of halogens is 2. The van der Waals surface area contributed by atoms with Crippen molar-refractivity contribution < 1.29 is 28.3 Å². The van der Waals surface area contributed by atoms with Crippen LogP contribution in [0.15, 0.2) is 47.4 Å². The van der Waals surface area contributed by atoms with Gasteiger partial charge in [0, 0.05) is 39.0 Å². The normalized spacial score (nSPS) is 13.9. The van der Waals surface area contributed by atoms with Gasteiger partial charge < -0.3 is 29.8 Å². The number of amides is 3. The Morgan fingerprint density at radius 1 is 1.22 bits per heavy atom. The third-order valence-corrected chi connectivity index (χ3v) is 6.85. The molecule has 218 valence electrons. The number of nitrogens with zero attached hydrogens (tertiary/aromatic N) is 4. The molecule has 0 bridgehead atoms. The number of hydrogen-bond donors (Lipinski definition) is 3. The standard InChI is InChI=1S/C28H32F2N6O5/c1-34(2)25(37)8-4-3-6-20(33-28(40)41)26(38)32-21-7-5-12-35(27(21)39)16-24-31-22-14-18(29)19(30)15-23(22)36(24)13-11-17-9-10-17/h4-5,7-8,12,14-15,17,20,33H,3,6,9-11,13,16H2,1-2H3,(H,32,38)(H,40,41)/b8-4+/t20-/m0/s1. The molecule has 1 aliphatic rings. The smallest absolute Gasteiger partial charge is 0.405 e. The van der Waals surface area contributed by atoms with Crippen LogP contribution in [0.1, 0.15) is 37.9 Å². The van der Waals surface area contributed by atoms with Crippen LogP contribution in [0, 0.1) is 17.6 Å². The summed E-state index contributed by atoms with van der Waals surface area (Å²) in [5.41, 5.74) is 0.0624. The van der Waals surface area contributed by atoms with Gasteiger partial charge in [-0.2, -0.15) is 0 Å². The second-order valence-electron chi connectivity index (χ2n) is 10.2. The second kappa shape index (κ2) is 12.7. The van der Waals surface area contributed by atoms with E-state index in [0.717, 1.165) is 31.4 Å². The first-order valence-corrected chi connectivity index (χ1v) is 13.2. The summed E-state index contributed by atoms with van der Waals surface area (Å²) in [6.07, 6.45) is 6.32. The van der Waals surface area contributed by atoms with Gasteiger partial charge in [-0.15, -0.1) is 0 Å². The Morgan fingerprint density at radius 3 is 2.63 bits per heavy atom. The highest BCUT2D eigenvalue weighted by Crippen LogP contribution is 2.33. The fourth-order valence-corrected chi connectivity index (χ4v) is 4.40. The number of aryl methyl sites for hydroxylation is 1. The van der Waals surface area contributed by atoms with Gasteiger partial charge in [0.15, 0.2) is 11.6 Å². The number of rotatable bonds is 12. The lowest BCUT2D eigenvalue weighted by molar-refractivity contribution is -0.123. The molecule has 1 saturated carbocycles. The number of carbonyl (C=O) groups is 3. The maximum atomic E-state index is 14.1. The summed E-state index contributed by atoms with van der Waals surface area (Å²) in [4.78, 5) is 55.0. The lowest BCUT2D eigenvalue weighted by Gasteiger charge is -2.16. The highest BCUT2D eigenvalue weighted by molar-refractivity contribution is 5.96. The summed E-state index contributed by atoms with van der Waals surface area (Å²) in [5, 5.41) is 13.8. The number of pyridine rings is 1. The number of likely N-dealkylation sites (N-methyl/N-ethyl adjacent to an activating group) is 1. The van der Waals surface area contributed by atoms with Gasteiger partial charge in [0.2, 0.25) is 11.8 Å². The zero-order valence-corrected chi connectivity index (χ0v) is 22.8. The van der Waals surface area contributed by atoms with Crippen LogP contribution in [0.5, 0.6) is 0 Å². The Labute approximate surface area is 234 Å². The van der Waals surface area contributed by atoms with Gasteiger partial charge in [-0.1, -0.05) is 18.9 Å². The molecule has 3 amide bonds. The highest BCUT2D eigenvalue weighted by atomic mass is 19.2. The summed E-state index contributed by atoms with van der Waals surface area (Å²) >= 11 is 0. The molecular formula is C28H32F2N6O5. The number of nitrogens with one attached hydrogen (secondary N) is 2. The fourth-order valence-electron chi connectivity index (χ4n) is 4.40. The number of fused-ring (bicyclic) bond motifs is 1.